The summed E-state index contributed by atoms with van der Waals surface area (Å²) in [5, 5.41) is 6.11. The van der Waals surface area contributed by atoms with Gasteiger partial charge in [-0.3, -0.25) is 19.2 Å². The van der Waals surface area contributed by atoms with Gasteiger partial charge in [-0.25, -0.2) is 0 Å². The van der Waals surface area contributed by atoms with Crippen molar-refractivity contribution in [3.8, 4) is 0 Å². The number of carbonyl (C=O) groups excluding carboxylic acids is 4. The Morgan fingerprint density at radius 3 is 1.50 bits per heavy atom. The molecule has 0 unspecified atom stereocenters. The minimum Gasteiger partial charge on any atom is -0.469 e. The first kappa shape index (κ1) is 21.0. The zero-order valence-electron chi connectivity index (χ0n) is 16.7. The lowest BCUT2D eigenvalue weighted by Gasteiger charge is -2.23. The molecule has 0 heterocycles. The molecule has 0 bridgehead atoms. The van der Waals surface area contributed by atoms with Crippen LogP contribution >= 0.6 is 0 Å². The second kappa shape index (κ2) is 9.21. The summed E-state index contributed by atoms with van der Waals surface area (Å²) in [6, 6.07) is 10.0. The van der Waals surface area contributed by atoms with Crippen LogP contribution in [0.5, 0.6) is 0 Å². The Balaban J connectivity index is 1.97. The van der Waals surface area contributed by atoms with E-state index in [1.807, 2.05) is 0 Å². The third-order valence-corrected chi connectivity index (χ3v) is 4.82. The van der Waals surface area contributed by atoms with Crippen LogP contribution in [0.4, 0.5) is 11.4 Å². The molecule has 0 aliphatic heterocycles. The normalized spacial score (nSPS) is 11.9. The van der Waals surface area contributed by atoms with Crippen LogP contribution in [0, 0.1) is 0 Å². The van der Waals surface area contributed by atoms with E-state index < -0.39 is 0 Å². The molecule has 0 amide bonds. The van der Waals surface area contributed by atoms with Crippen LogP contribution in [-0.2, 0) is 19.1 Å². The third-order valence-electron chi connectivity index (χ3n) is 4.82. The lowest BCUT2D eigenvalue weighted by molar-refractivity contribution is -0.141. The number of ether oxygens (including phenoxy) is 2. The summed E-state index contributed by atoms with van der Waals surface area (Å²) in [7, 11) is 2.61. The number of fused-ring (bicyclic) bond motifs is 2. The van der Waals surface area contributed by atoms with E-state index in [1.165, 1.54) is 14.2 Å². The maximum atomic E-state index is 13.2. The monoisotopic (exact) mass is 410 g/mol. The molecule has 30 heavy (non-hydrogen) atoms. The Labute approximate surface area is 173 Å². The second-order valence-corrected chi connectivity index (χ2v) is 6.62. The summed E-state index contributed by atoms with van der Waals surface area (Å²) in [6.07, 6.45) is 0.228. The fourth-order valence-corrected chi connectivity index (χ4v) is 3.32. The maximum Gasteiger partial charge on any atom is 0.307 e. The lowest BCUT2D eigenvalue weighted by Crippen LogP contribution is -2.25. The smallest absolute Gasteiger partial charge is 0.307 e. The van der Waals surface area contributed by atoms with Gasteiger partial charge in [0.1, 0.15) is 0 Å². The summed E-state index contributed by atoms with van der Waals surface area (Å²) >= 11 is 0. The highest BCUT2D eigenvalue weighted by molar-refractivity contribution is 6.31. The first-order valence-electron chi connectivity index (χ1n) is 9.44. The van der Waals surface area contributed by atoms with E-state index in [9.17, 15) is 19.2 Å². The number of esters is 2. The van der Waals surface area contributed by atoms with E-state index in [-0.39, 0.29) is 60.6 Å². The molecular weight excluding hydrogens is 388 g/mol. The van der Waals surface area contributed by atoms with Crippen LogP contribution in [0.3, 0.4) is 0 Å². The van der Waals surface area contributed by atoms with Crippen molar-refractivity contribution >= 4 is 34.9 Å². The molecular formula is C22H22N2O6. The van der Waals surface area contributed by atoms with Crippen molar-refractivity contribution in [2.75, 3.05) is 37.9 Å². The molecule has 8 heteroatoms. The topological polar surface area (TPSA) is 111 Å². The van der Waals surface area contributed by atoms with Gasteiger partial charge in [-0.05, 0) is 12.1 Å². The Bertz CT molecular complexity index is 935. The predicted molar refractivity (Wildman–Crippen MR) is 110 cm³/mol. The van der Waals surface area contributed by atoms with Crippen LogP contribution in [0.25, 0.3) is 0 Å². The van der Waals surface area contributed by atoms with E-state index in [1.54, 1.807) is 36.4 Å². The van der Waals surface area contributed by atoms with Crippen molar-refractivity contribution in [1.82, 2.24) is 0 Å². The van der Waals surface area contributed by atoms with Gasteiger partial charge in [-0.2, -0.15) is 0 Å². The minimum atomic E-state index is -0.384. The highest BCUT2D eigenvalue weighted by atomic mass is 16.5. The Morgan fingerprint density at radius 2 is 1.13 bits per heavy atom. The van der Waals surface area contributed by atoms with Gasteiger partial charge in [-0.15, -0.1) is 0 Å². The molecule has 0 saturated carbocycles. The van der Waals surface area contributed by atoms with Crippen LogP contribution < -0.4 is 10.6 Å². The number of hydrogen-bond donors (Lipinski definition) is 2. The average Bonchev–Trinajstić information content (AvgIpc) is 2.77. The van der Waals surface area contributed by atoms with Crippen molar-refractivity contribution in [2.24, 2.45) is 0 Å². The van der Waals surface area contributed by atoms with Crippen LogP contribution in [0.1, 0.15) is 44.7 Å². The predicted octanol–water partition coefficient (Wildman–Crippen LogP) is 2.41. The highest BCUT2D eigenvalue weighted by Gasteiger charge is 2.33. The van der Waals surface area contributed by atoms with Crippen molar-refractivity contribution in [2.45, 2.75) is 12.8 Å². The zero-order valence-corrected chi connectivity index (χ0v) is 16.7. The molecule has 1 aliphatic rings. The van der Waals surface area contributed by atoms with E-state index >= 15 is 0 Å². The summed E-state index contributed by atoms with van der Waals surface area (Å²) in [6.45, 7) is 0.495. The lowest BCUT2D eigenvalue weighted by atomic mass is 9.82. The number of rotatable bonds is 8. The summed E-state index contributed by atoms with van der Waals surface area (Å²) in [5.74, 6) is -1.33. The van der Waals surface area contributed by atoms with Crippen LogP contribution in [0.15, 0.2) is 36.4 Å². The molecule has 1 aliphatic carbocycles. The molecule has 0 fully saturated rings. The van der Waals surface area contributed by atoms with Crippen LogP contribution in [0.2, 0.25) is 0 Å². The SMILES string of the molecule is COC(=O)CCNc1ccc(NCCC(=O)OC)c2c1C(=O)c1ccccc1C2=O. The molecule has 2 aromatic rings. The van der Waals surface area contributed by atoms with Crippen molar-refractivity contribution in [3.63, 3.8) is 0 Å². The number of carbonyl (C=O) groups is 4. The van der Waals surface area contributed by atoms with Gasteiger partial charge >= 0.3 is 11.9 Å². The Morgan fingerprint density at radius 1 is 0.733 bits per heavy atom. The van der Waals surface area contributed by atoms with E-state index in [4.69, 9.17) is 0 Å². The molecule has 3 rings (SSSR count). The molecule has 0 atom stereocenters. The highest BCUT2D eigenvalue weighted by Crippen LogP contribution is 2.36. The summed E-state index contributed by atoms with van der Waals surface area (Å²) in [5.41, 5.74) is 2.06. The Hall–Kier alpha value is -3.68. The number of methoxy groups -OCH3 is 2. The van der Waals surface area contributed by atoms with E-state index in [0.717, 1.165) is 0 Å². The minimum absolute atomic E-state index is 0.114. The fraction of sp³-hybridized carbons (Fsp3) is 0.273. The molecule has 156 valence electrons. The molecule has 0 spiro atoms. The largest absolute Gasteiger partial charge is 0.469 e. The van der Waals surface area contributed by atoms with Gasteiger partial charge in [0, 0.05) is 35.6 Å². The molecule has 0 aromatic heterocycles. The fourth-order valence-electron chi connectivity index (χ4n) is 3.32. The number of benzene rings is 2. The zero-order chi connectivity index (χ0) is 21.7. The molecule has 2 aromatic carbocycles. The third kappa shape index (κ3) is 4.17. The summed E-state index contributed by atoms with van der Waals surface area (Å²) < 4.78 is 9.26. The van der Waals surface area contributed by atoms with Crippen molar-refractivity contribution < 1.29 is 28.7 Å². The maximum absolute atomic E-state index is 13.2. The van der Waals surface area contributed by atoms with Crippen LogP contribution in [-0.4, -0.2) is 50.8 Å². The number of nitrogens with one attached hydrogen (secondary N) is 2. The molecule has 0 radical (unpaired) electrons. The van der Waals surface area contributed by atoms with Gasteiger partial charge in [-0.1, -0.05) is 24.3 Å². The van der Waals surface area contributed by atoms with Gasteiger partial charge < -0.3 is 20.1 Å². The van der Waals surface area contributed by atoms with Gasteiger partial charge in [0.2, 0.25) is 0 Å². The first-order valence-corrected chi connectivity index (χ1v) is 9.44. The van der Waals surface area contributed by atoms with Crippen molar-refractivity contribution in [3.05, 3.63) is 58.7 Å². The quantitative estimate of drug-likeness (QED) is 0.545. The molecule has 0 saturated heterocycles. The molecule has 8 nitrogen and oxygen atoms in total. The second-order valence-electron chi connectivity index (χ2n) is 6.62. The number of hydrogen-bond acceptors (Lipinski definition) is 8. The average molecular weight is 410 g/mol. The summed E-state index contributed by atoms with van der Waals surface area (Å²) in [4.78, 5) is 49.2. The van der Waals surface area contributed by atoms with Gasteiger partial charge in [0.15, 0.2) is 11.6 Å². The molecule has 2 N–H and O–H groups in total. The standard InChI is InChI=1S/C22H22N2O6/c1-29-17(25)9-11-23-15-7-8-16(24-12-10-18(26)30-2)20-19(15)21(27)13-5-3-4-6-14(13)22(20)28/h3-8,23-24H,9-12H2,1-2H3. The number of anilines is 2. The van der Waals surface area contributed by atoms with E-state index in [2.05, 4.69) is 20.1 Å². The van der Waals surface area contributed by atoms with Gasteiger partial charge in [0.05, 0.1) is 38.2 Å². The number of ketones is 2. The Kier molecular flexibility index (Phi) is 6.46. The first-order chi connectivity index (χ1) is 14.5. The van der Waals surface area contributed by atoms with Gasteiger partial charge in [0.25, 0.3) is 0 Å². The van der Waals surface area contributed by atoms with E-state index in [0.29, 0.717) is 22.5 Å². The van der Waals surface area contributed by atoms with Crippen molar-refractivity contribution in [1.29, 1.82) is 0 Å².